The molecule has 2 aromatic rings. The van der Waals surface area contributed by atoms with Crippen molar-refractivity contribution in [3.63, 3.8) is 0 Å². The Morgan fingerprint density at radius 3 is 2.46 bits per heavy atom. The summed E-state index contributed by atoms with van der Waals surface area (Å²) in [5.41, 5.74) is 1.59. The Morgan fingerprint density at radius 1 is 1.14 bits per heavy atom. The second-order valence-corrected chi connectivity index (χ2v) is 8.12. The maximum Gasteiger partial charge on any atom is 0.319 e. The summed E-state index contributed by atoms with van der Waals surface area (Å²) in [7, 11) is 0. The molecule has 0 bridgehead atoms. The van der Waals surface area contributed by atoms with Crippen LogP contribution in [0.1, 0.15) is 33.9 Å². The molecule has 3 N–H and O–H groups in total. The van der Waals surface area contributed by atoms with Crippen molar-refractivity contribution < 1.29 is 28.7 Å². The van der Waals surface area contributed by atoms with Crippen LogP contribution >= 0.6 is 0 Å². The number of nitrogens with one attached hydrogen (secondary N) is 2. The Morgan fingerprint density at radius 2 is 1.83 bits per heavy atom. The van der Waals surface area contributed by atoms with E-state index in [1.54, 1.807) is 18.2 Å². The largest absolute Gasteiger partial charge is 0.481 e. The highest BCUT2D eigenvalue weighted by molar-refractivity contribution is 5.99. The highest BCUT2D eigenvalue weighted by Gasteiger charge is 2.43. The first-order valence-corrected chi connectivity index (χ1v) is 11.0. The van der Waals surface area contributed by atoms with Crippen molar-refractivity contribution in [3.8, 4) is 0 Å². The topological polar surface area (TPSA) is 119 Å². The lowest BCUT2D eigenvalue weighted by Gasteiger charge is -2.31. The van der Waals surface area contributed by atoms with Gasteiger partial charge in [-0.25, -0.2) is 9.18 Å². The van der Waals surface area contributed by atoms with Gasteiger partial charge in [-0.1, -0.05) is 35.9 Å². The van der Waals surface area contributed by atoms with Crippen LogP contribution in [0.4, 0.5) is 9.18 Å². The summed E-state index contributed by atoms with van der Waals surface area (Å²) in [5.74, 6) is -2.86. The van der Waals surface area contributed by atoms with Gasteiger partial charge < -0.3 is 20.6 Å². The van der Waals surface area contributed by atoms with Crippen molar-refractivity contribution in [2.24, 2.45) is 0 Å². The van der Waals surface area contributed by atoms with E-state index in [0.717, 1.165) is 17.7 Å². The smallest absolute Gasteiger partial charge is 0.319 e. The maximum atomic E-state index is 13.5. The van der Waals surface area contributed by atoms with Gasteiger partial charge in [0.2, 0.25) is 0 Å². The molecule has 4 amide bonds. The summed E-state index contributed by atoms with van der Waals surface area (Å²) < 4.78 is 13.4. The molecule has 2 aromatic carbocycles. The van der Waals surface area contributed by atoms with Crippen LogP contribution in [0.2, 0.25) is 0 Å². The molecule has 35 heavy (non-hydrogen) atoms. The molecule has 0 saturated carbocycles. The van der Waals surface area contributed by atoms with Crippen LogP contribution in [0.25, 0.3) is 0 Å². The van der Waals surface area contributed by atoms with Crippen molar-refractivity contribution in [2.75, 3.05) is 19.6 Å². The molecule has 0 radical (unpaired) electrons. The van der Waals surface area contributed by atoms with Gasteiger partial charge in [0, 0.05) is 25.2 Å². The van der Waals surface area contributed by atoms with Gasteiger partial charge in [0.15, 0.2) is 6.17 Å². The van der Waals surface area contributed by atoms with Crippen molar-refractivity contribution in [1.82, 2.24) is 20.4 Å². The fourth-order valence-corrected chi connectivity index (χ4v) is 3.91. The number of hydrogen-bond donors (Lipinski definition) is 3. The Bertz CT molecular complexity index is 1120. The first kappa shape index (κ1) is 25.4. The number of hydrogen-bond acceptors (Lipinski definition) is 4. The van der Waals surface area contributed by atoms with Crippen LogP contribution in [-0.2, 0) is 9.59 Å². The van der Waals surface area contributed by atoms with E-state index in [4.69, 9.17) is 0 Å². The Kier molecular flexibility index (Phi) is 8.19. The number of amides is 4. The highest BCUT2D eigenvalue weighted by Crippen LogP contribution is 2.23. The molecule has 1 fully saturated rings. The van der Waals surface area contributed by atoms with E-state index in [9.17, 15) is 28.7 Å². The molecule has 3 rings (SSSR count). The van der Waals surface area contributed by atoms with Crippen LogP contribution in [0, 0.1) is 12.7 Å². The third-order valence-corrected chi connectivity index (χ3v) is 5.56. The number of urea groups is 1. The zero-order chi connectivity index (χ0) is 25.5. The first-order chi connectivity index (χ1) is 16.7. The molecule has 2 atom stereocenters. The predicted octanol–water partition coefficient (Wildman–Crippen LogP) is 2.45. The quantitative estimate of drug-likeness (QED) is 0.500. The predicted molar refractivity (Wildman–Crippen MR) is 126 cm³/mol. The number of nitrogens with zero attached hydrogens (tertiary/aromatic N) is 2. The standard InChI is InChI=1S/C25H27FN4O5/c1-3-11-27-25(35)30-13-12-29(24(34)18-6-4-5-16(2)14-18)23(30)22(33)28-20(15-21(31)32)17-7-9-19(26)10-8-17/h3-10,14,20,23H,1,11-13,15H2,2H3,(H,27,35)(H,28,33)(H,31,32). The van der Waals surface area contributed by atoms with Crippen molar-refractivity contribution in [2.45, 2.75) is 25.6 Å². The van der Waals surface area contributed by atoms with E-state index in [-0.39, 0.29) is 19.6 Å². The zero-order valence-corrected chi connectivity index (χ0v) is 19.2. The summed E-state index contributed by atoms with van der Waals surface area (Å²) >= 11 is 0. The maximum absolute atomic E-state index is 13.5. The van der Waals surface area contributed by atoms with Crippen LogP contribution in [-0.4, -0.2) is 64.5 Å². The van der Waals surface area contributed by atoms with Crippen molar-refractivity contribution in [3.05, 3.63) is 83.7 Å². The number of carbonyl (C=O) groups is 4. The second kappa shape index (κ2) is 11.3. The van der Waals surface area contributed by atoms with Gasteiger partial charge >= 0.3 is 12.0 Å². The normalized spacial score (nSPS) is 15.9. The van der Waals surface area contributed by atoms with E-state index in [1.807, 2.05) is 13.0 Å². The monoisotopic (exact) mass is 482 g/mol. The number of rotatable bonds is 8. The molecule has 1 saturated heterocycles. The summed E-state index contributed by atoms with van der Waals surface area (Å²) in [6, 6.07) is 10.4. The summed E-state index contributed by atoms with van der Waals surface area (Å²) in [6.07, 6.45) is -0.307. The number of carboxylic acids is 1. The minimum absolute atomic E-state index is 0.0960. The fourth-order valence-electron chi connectivity index (χ4n) is 3.91. The average Bonchev–Trinajstić information content (AvgIpc) is 3.27. The van der Waals surface area contributed by atoms with Gasteiger partial charge in [-0.05, 0) is 36.8 Å². The fraction of sp³-hybridized carbons (Fsp3) is 0.280. The van der Waals surface area contributed by atoms with E-state index in [0.29, 0.717) is 11.1 Å². The van der Waals surface area contributed by atoms with Crippen molar-refractivity contribution in [1.29, 1.82) is 0 Å². The lowest BCUT2D eigenvalue weighted by molar-refractivity contribution is -0.138. The third-order valence-electron chi connectivity index (χ3n) is 5.56. The number of carboxylic acid groups (broad SMARTS) is 1. The van der Waals surface area contributed by atoms with Crippen LogP contribution in [0.15, 0.2) is 61.2 Å². The molecule has 0 aliphatic carbocycles. The number of halogens is 1. The Balaban J connectivity index is 1.92. The molecular formula is C25H27FN4O5. The second-order valence-electron chi connectivity index (χ2n) is 8.12. The minimum atomic E-state index is -1.32. The molecule has 2 unspecified atom stereocenters. The molecule has 1 heterocycles. The Labute approximate surface area is 202 Å². The molecule has 0 spiro atoms. The van der Waals surface area contributed by atoms with Crippen LogP contribution < -0.4 is 10.6 Å². The SMILES string of the molecule is C=CCNC(=O)N1CCN(C(=O)c2cccc(C)c2)C1C(=O)NC(CC(=O)O)c1ccc(F)cc1. The van der Waals surface area contributed by atoms with Gasteiger partial charge in [0.1, 0.15) is 5.82 Å². The van der Waals surface area contributed by atoms with E-state index in [1.165, 1.54) is 28.0 Å². The van der Waals surface area contributed by atoms with Crippen molar-refractivity contribution >= 4 is 23.8 Å². The molecular weight excluding hydrogens is 455 g/mol. The molecule has 184 valence electrons. The third kappa shape index (κ3) is 6.23. The van der Waals surface area contributed by atoms with Gasteiger partial charge in [0.25, 0.3) is 11.8 Å². The van der Waals surface area contributed by atoms with Gasteiger partial charge in [-0.2, -0.15) is 0 Å². The lowest BCUT2D eigenvalue weighted by Crippen LogP contribution is -2.56. The molecule has 0 aromatic heterocycles. The lowest BCUT2D eigenvalue weighted by atomic mass is 10.0. The minimum Gasteiger partial charge on any atom is -0.481 e. The number of aliphatic carboxylic acids is 1. The summed E-state index contributed by atoms with van der Waals surface area (Å²) in [4.78, 5) is 53.5. The van der Waals surface area contributed by atoms with E-state index >= 15 is 0 Å². The summed E-state index contributed by atoms with van der Waals surface area (Å²) in [6.45, 7) is 5.74. The van der Waals surface area contributed by atoms with Gasteiger partial charge in [-0.3, -0.25) is 19.3 Å². The summed E-state index contributed by atoms with van der Waals surface area (Å²) in [5, 5.41) is 14.6. The highest BCUT2D eigenvalue weighted by atomic mass is 19.1. The van der Waals surface area contributed by atoms with E-state index in [2.05, 4.69) is 17.2 Å². The van der Waals surface area contributed by atoms with E-state index < -0.39 is 48.3 Å². The molecule has 9 nitrogen and oxygen atoms in total. The average molecular weight is 483 g/mol. The molecule has 1 aliphatic heterocycles. The number of benzene rings is 2. The number of aryl methyl sites for hydroxylation is 1. The zero-order valence-electron chi connectivity index (χ0n) is 19.2. The van der Waals surface area contributed by atoms with Gasteiger partial charge in [0.05, 0.1) is 12.5 Å². The molecule has 10 heteroatoms. The van der Waals surface area contributed by atoms with Gasteiger partial charge in [-0.15, -0.1) is 6.58 Å². The molecule has 1 aliphatic rings. The number of carbonyl (C=O) groups excluding carboxylic acids is 3. The Hall–Kier alpha value is -4.21. The van der Waals surface area contributed by atoms with Crippen LogP contribution in [0.5, 0.6) is 0 Å². The van der Waals surface area contributed by atoms with Crippen LogP contribution in [0.3, 0.4) is 0 Å². The first-order valence-electron chi connectivity index (χ1n) is 11.0.